The van der Waals surface area contributed by atoms with E-state index in [0.29, 0.717) is 11.1 Å². The SMILES string of the molecule is COc1cc(Cl)ccc1OC1CCCC1. The summed E-state index contributed by atoms with van der Waals surface area (Å²) >= 11 is 5.88. The van der Waals surface area contributed by atoms with Crippen molar-refractivity contribution in [1.82, 2.24) is 0 Å². The van der Waals surface area contributed by atoms with Gasteiger partial charge in [0.05, 0.1) is 13.2 Å². The minimum Gasteiger partial charge on any atom is -0.493 e. The third kappa shape index (κ3) is 2.57. The second-order valence-corrected chi connectivity index (χ2v) is 4.26. The van der Waals surface area contributed by atoms with Crippen LogP contribution >= 0.6 is 11.6 Å². The number of ether oxygens (including phenoxy) is 2. The van der Waals surface area contributed by atoms with E-state index in [2.05, 4.69) is 0 Å². The van der Waals surface area contributed by atoms with Crippen molar-refractivity contribution in [3.05, 3.63) is 23.2 Å². The number of rotatable bonds is 3. The number of methoxy groups -OCH3 is 1. The minimum absolute atomic E-state index is 0.347. The smallest absolute Gasteiger partial charge is 0.162 e. The molecule has 0 aliphatic heterocycles. The Bertz CT molecular complexity index is 332. The molecule has 0 aromatic heterocycles. The van der Waals surface area contributed by atoms with E-state index in [0.717, 1.165) is 24.3 Å². The standard InChI is InChI=1S/C12H15ClO2/c1-14-12-8-9(13)6-7-11(12)15-10-4-2-3-5-10/h6-8,10H,2-5H2,1H3. The summed E-state index contributed by atoms with van der Waals surface area (Å²) in [5.74, 6) is 1.52. The molecular formula is C12H15ClO2. The van der Waals surface area contributed by atoms with E-state index >= 15 is 0 Å². The van der Waals surface area contributed by atoms with Crippen LogP contribution < -0.4 is 9.47 Å². The maximum Gasteiger partial charge on any atom is 0.162 e. The van der Waals surface area contributed by atoms with E-state index in [4.69, 9.17) is 21.1 Å². The number of hydrogen-bond acceptors (Lipinski definition) is 2. The van der Waals surface area contributed by atoms with Crippen LogP contribution in [0.25, 0.3) is 0 Å². The van der Waals surface area contributed by atoms with Gasteiger partial charge in [0.1, 0.15) is 0 Å². The Morgan fingerprint density at radius 2 is 1.93 bits per heavy atom. The minimum atomic E-state index is 0.347. The van der Waals surface area contributed by atoms with Crippen molar-refractivity contribution in [2.75, 3.05) is 7.11 Å². The molecule has 2 nitrogen and oxygen atoms in total. The van der Waals surface area contributed by atoms with Crippen LogP contribution in [0.2, 0.25) is 5.02 Å². The van der Waals surface area contributed by atoms with Crippen molar-refractivity contribution in [2.45, 2.75) is 31.8 Å². The van der Waals surface area contributed by atoms with E-state index in [1.807, 2.05) is 12.1 Å². The number of benzene rings is 1. The predicted molar refractivity (Wildman–Crippen MR) is 60.9 cm³/mol. The molecule has 1 aliphatic carbocycles. The van der Waals surface area contributed by atoms with Crippen LogP contribution in [0.4, 0.5) is 0 Å². The molecule has 0 N–H and O–H groups in total. The molecule has 0 saturated heterocycles. The molecule has 1 aromatic rings. The molecule has 0 bridgehead atoms. The molecule has 0 unspecified atom stereocenters. The van der Waals surface area contributed by atoms with E-state index in [9.17, 15) is 0 Å². The molecule has 0 atom stereocenters. The lowest BCUT2D eigenvalue weighted by molar-refractivity contribution is 0.201. The summed E-state index contributed by atoms with van der Waals surface area (Å²) in [5, 5.41) is 0.672. The zero-order valence-electron chi connectivity index (χ0n) is 8.83. The zero-order valence-corrected chi connectivity index (χ0v) is 9.59. The quantitative estimate of drug-likeness (QED) is 0.783. The van der Waals surface area contributed by atoms with Gasteiger partial charge in [-0.1, -0.05) is 11.6 Å². The van der Waals surface area contributed by atoms with Gasteiger partial charge in [-0.05, 0) is 37.8 Å². The Labute approximate surface area is 95.1 Å². The van der Waals surface area contributed by atoms with Crippen molar-refractivity contribution in [3.63, 3.8) is 0 Å². The number of hydrogen-bond donors (Lipinski definition) is 0. The molecule has 1 aromatic carbocycles. The normalized spacial score (nSPS) is 16.7. The molecule has 1 fully saturated rings. The highest BCUT2D eigenvalue weighted by Crippen LogP contribution is 2.33. The fourth-order valence-corrected chi connectivity index (χ4v) is 2.09. The van der Waals surface area contributed by atoms with E-state index < -0.39 is 0 Å². The third-order valence-electron chi connectivity index (χ3n) is 2.72. The highest BCUT2D eigenvalue weighted by Gasteiger charge is 2.18. The van der Waals surface area contributed by atoms with Gasteiger partial charge >= 0.3 is 0 Å². The highest BCUT2D eigenvalue weighted by atomic mass is 35.5. The van der Waals surface area contributed by atoms with Gasteiger partial charge in [-0.25, -0.2) is 0 Å². The summed E-state index contributed by atoms with van der Waals surface area (Å²) in [7, 11) is 1.63. The van der Waals surface area contributed by atoms with Gasteiger partial charge < -0.3 is 9.47 Å². The second-order valence-electron chi connectivity index (χ2n) is 3.82. The molecule has 0 heterocycles. The van der Waals surface area contributed by atoms with Gasteiger partial charge in [0.25, 0.3) is 0 Å². The van der Waals surface area contributed by atoms with Gasteiger partial charge in [-0.3, -0.25) is 0 Å². The van der Waals surface area contributed by atoms with Crippen LogP contribution in [0.3, 0.4) is 0 Å². The summed E-state index contributed by atoms with van der Waals surface area (Å²) in [6.07, 6.45) is 5.17. The van der Waals surface area contributed by atoms with Gasteiger partial charge in [0, 0.05) is 11.1 Å². The lowest BCUT2D eigenvalue weighted by atomic mass is 10.3. The monoisotopic (exact) mass is 226 g/mol. The van der Waals surface area contributed by atoms with Crippen LogP contribution in [-0.4, -0.2) is 13.2 Å². The summed E-state index contributed by atoms with van der Waals surface area (Å²) in [6, 6.07) is 5.49. The largest absolute Gasteiger partial charge is 0.493 e. The van der Waals surface area contributed by atoms with Crippen molar-refractivity contribution < 1.29 is 9.47 Å². The topological polar surface area (TPSA) is 18.5 Å². The highest BCUT2D eigenvalue weighted by molar-refractivity contribution is 6.30. The molecule has 1 saturated carbocycles. The maximum absolute atomic E-state index is 5.88. The van der Waals surface area contributed by atoms with Crippen LogP contribution in [0.5, 0.6) is 11.5 Å². The van der Waals surface area contributed by atoms with Crippen LogP contribution in [0, 0.1) is 0 Å². The average Bonchev–Trinajstić information content (AvgIpc) is 2.73. The third-order valence-corrected chi connectivity index (χ3v) is 2.96. The first-order valence-electron chi connectivity index (χ1n) is 5.30. The summed E-state index contributed by atoms with van der Waals surface area (Å²) in [5.41, 5.74) is 0. The maximum atomic E-state index is 5.88. The Morgan fingerprint density at radius 1 is 1.20 bits per heavy atom. The molecule has 82 valence electrons. The summed E-state index contributed by atoms with van der Waals surface area (Å²) < 4.78 is 11.1. The lowest BCUT2D eigenvalue weighted by Crippen LogP contribution is -2.11. The summed E-state index contributed by atoms with van der Waals surface area (Å²) in [4.78, 5) is 0. The fourth-order valence-electron chi connectivity index (χ4n) is 1.92. The van der Waals surface area contributed by atoms with Crippen LogP contribution in [0.1, 0.15) is 25.7 Å². The molecule has 3 heteroatoms. The van der Waals surface area contributed by atoms with Gasteiger partial charge in [0.15, 0.2) is 11.5 Å². The second kappa shape index (κ2) is 4.75. The Hall–Kier alpha value is -0.890. The lowest BCUT2D eigenvalue weighted by Gasteiger charge is -2.15. The molecular weight excluding hydrogens is 212 g/mol. The Kier molecular flexibility index (Phi) is 3.37. The molecule has 1 aliphatic rings. The number of halogens is 1. The van der Waals surface area contributed by atoms with Crippen LogP contribution in [0.15, 0.2) is 18.2 Å². The molecule has 15 heavy (non-hydrogen) atoms. The average molecular weight is 227 g/mol. The van der Waals surface area contributed by atoms with Crippen molar-refractivity contribution >= 4 is 11.6 Å². The Balaban J connectivity index is 2.12. The molecule has 2 rings (SSSR count). The zero-order chi connectivity index (χ0) is 10.7. The van der Waals surface area contributed by atoms with E-state index in [1.165, 1.54) is 12.8 Å². The first kappa shape index (κ1) is 10.6. The summed E-state index contributed by atoms with van der Waals surface area (Å²) in [6.45, 7) is 0. The first-order chi connectivity index (χ1) is 7.29. The van der Waals surface area contributed by atoms with Crippen molar-refractivity contribution in [2.24, 2.45) is 0 Å². The molecule has 0 amide bonds. The Morgan fingerprint density at radius 3 is 2.60 bits per heavy atom. The molecule has 0 spiro atoms. The van der Waals surface area contributed by atoms with Crippen molar-refractivity contribution in [1.29, 1.82) is 0 Å². The first-order valence-corrected chi connectivity index (χ1v) is 5.67. The van der Waals surface area contributed by atoms with E-state index in [-0.39, 0.29) is 0 Å². The van der Waals surface area contributed by atoms with Crippen LogP contribution in [-0.2, 0) is 0 Å². The predicted octanol–water partition coefficient (Wildman–Crippen LogP) is 3.67. The van der Waals surface area contributed by atoms with Gasteiger partial charge in [0.2, 0.25) is 0 Å². The van der Waals surface area contributed by atoms with Gasteiger partial charge in [-0.15, -0.1) is 0 Å². The molecule has 0 radical (unpaired) electrons. The van der Waals surface area contributed by atoms with Gasteiger partial charge in [-0.2, -0.15) is 0 Å². The fraction of sp³-hybridized carbons (Fsp3) is 0.500. The van der Waals surface area contributed by atoms with E-state index in [1.54, 1.807) is 13.2 Å². The van der Waals surface area contributed by atoms with Crippen molar-refractivity contribution in [3.8, 4) is 11.5 Å².